The largest absolute Gasteiger partial charge is 0.573 e. The van der Waals surface area contributed by atoms with Crippen molar-refractivity contribution in [3.05, 3.63) is 88.3 Å². The molecule has 202 valence electrons. The molecular weight excluding hydrogens is 515 g/mol. The van der Waals surface area contributed by atoms with E-state index in [1.54, 1.807) is 34.9 Å². The van der Waals surface area contributed by atoms with Crippen LogP contribution in [0.5, 0.6) is 5.75 Å². The van der Waals surface area contributed by atoms with Gasteiger partial charge >= 0.3 is 18.0 Å². The van der Waals surface area contributed by atoms with E-state index in [1.165, 1.54) is 28.8 Å². The molecule has 1 saturated heterocycles. The van der Waals surface area contributed by atoms with Crippen molar-refractivity contribution in [3.63, 3.8) is 0 Å². The summed E-state index contributed by atoms with van der Waals surface area (Å²) in [6, 6.07) is 17.5. The quantitative estimate of drug-likeness (QED) is 0.380. The molecule has 2 aliphatic rings. The van der Waals surface area contributed by atoms with Gasteiger partial charge in [0.2, 0.25) is 0 Å². The van der Waals surface area contributed by atoms with Gasteiger partial charge in [-0.1, -0.05) is 12.1 Å². The predicted molar refractivity (Wildman–Crippen MR) is 137 cm³/mol. The molecule has 3 aromatic carbocycles. The summed E-state index contributed by atoms with van der Waals surface area (Å²) in [5.74, 6) is -1.53. The number of carboxylic acids is 1. The summed E-state index contributed by atoms with van der Waals surface area (Å²) in [4.78, 5) is 27.8. The summed E-state index contributed by atoms with van der Waals surface area (Å²) in [6.45, 7) is 2.69. The summed E-state index contributed by atoms with van der Waals surface area (Å²) in [7, 11) is 0. The Balaban J connectivity index is 1.51. The summed E-state index contributed by atoms with van der Waals surface area (Å²) in [5.41, 5.74) is 1.60. The van der Waals surface area contributed by atoms with Crippen LogP contribution in [0.15, 0.2) is 71.5 Å². The lowest BCUT2D eigenvalue weighted by Gasteiger charge is -2.28. The molecule has 2 fully saturated rings. The number of fused-ring (bicyclic) bond motifs is 1. The number of alkyl halides is 3. The number of carbonyl (C=O) groups is 1. The number of hydrogen-bond acceptors (Lipinski definition) is 5. The highest BCUT2D eigenvalue weighted by atomic mass is 19.4. The van der Waals surface area contributed by atoms with Gasteiger partial charge in [0.25, 0.3) is 0 Å². The van der Waals surface area contributed by atoms with Crippen LogP contribution in [0.25, 0.3) is 16.7 Å². The second-order valence-electron chi connectivity index (χ2n) is 9.69. The van der Waals surface area contributed by atoms with Crippen molar-refractivity contribution in [1.82, 2.24) is 9.13 Å². The second kappa shape index (κ2) is 9.19. The molecule has 1 aromatic heterocycles. The molecule has 0 spiro atoms. The number of anilines is 1. The molecule has 6 rings (SSSR count). The SMILES string of the molecule is O=C(O)c1cccc(C2(n3c(=O)n(-c4ccc(N5CCOCC5)cc4)c4cc(OC(F)(F)F)ccc43)CC2)c1. The fourth-order valence-corrected chi connectivity index (χ4v) is 5.37. The lowest BCUT2D eigenvalue weighted by molar-refractivity contribution is -0.274. The number of hydrogen-bond donors (Lipinski definition) is 1. The number of rotatable bonds is 6. The first-order valence-corrected chi connectivity index (χ1v) is 12.5. The first-order valence-electron chi connectivity index (χ1n) is 12.5. The maximum Gasteiger partial charge on any atom is 0.573 e. The number of aromatic carboxylic acids is 1. The van der Waals surface area contributed by atoms with Crippen LogP contribution in [0.4, 0.5) is 18.9 Å². The van der Waals surface area contributed by atoms with Crippen molar-refractivity contribution in [3.8, 4) is 11.4 Å². The van der Waals surface area contributed by atoms with Gasteiger partial charge in [0.15, 0.2) is 0 Å². The van der Waals surface area contributed by atoms with E-state index in [1.807, 2.05) is 12.1 Å². The Hall–Kier alpha value is -4.25. The van der Waals surface area contributed by atoms with Crippen LogP contribution in [-0.2, 0) is 10.3 Å². The van der Waals surface area contributed by atoms with Crippen LogP contribution in [0, 0.1) is 0 Å². The Morgan fingerprint density at radius 3 is 2.26 bits per heavy atom. The highest BCUT2D eigenvalue weighted by molar-refractivity contribution is 5.88. The third-order valence-corrected chi connectivity index (χ3v) is 7.33. The maximum atomic E-state index is 14.1. The van der Waals surface area contributed by atoms with Gasteiger partial charge in [-0.05, 0) is 66.9 Å². The fourth-order valence-electron chi connectivity index (χ4n) is 5.37. The molecule has 1 N–H and O–H groups in total. The number of carboxylic acid groups (broad SMARTS) is 1. The standard InChI is InChI=1S/C28H24F3N3O5/c29-28(30,31)39-22-8-9-23-24(17-22)33(21-6-4-20(5-7-21)32-12-14-38-15-13-32)26(37)34(23)27(10-11-27)19-3-1-2-18(16-19)25(35)36/h1-9,16-17H,10-15H2,(H,35,36). The molecule has 8 nitrogen and oxygen atoms in total. The number of imidazole rings is 1. The van der Waals surface area contributed by atoms with Crippen LogP contribution in [0.1, 0.15) is 28.8 Å². The van der Waals surface area contributed by atoms with Gasteiger partial charge in [-0.2, -0.15) is 0 Å². The average Bonchev–Trinajstić information content (AvgIpc) is 3.66. The van der Waals surface area contributed by atoms with Gasteiger partial charge < -0.3 is 19.5 Å². The van der Waals surface area contributed by atoms with Gasteiger partial charge in [-0.15, -0.1) is 13.2 Å². The van der Waals surface area contributed by atoms with E-state index in [0.717, 1.165) is 18.8 Å². The molecule has 1 aliphatic heterocycles. The highest BCUT2D eigenvalue weighted by Gasteiger charge is 2.49. The minimum Gasteiger partial charge on any atom is -0.478 e. The Kier molecular flexibility index (Phi) is 5.91. The number of ether oxygens (including phenoxy) is 2. The average molecular weight is 540 g/mol. The topological polar surface area (TPSA) is 85.9 Å². The molecule has 4 aromatic rings. The molecule has 1 aliphatic carbocycles. The van der Waals surface area contributed by atoms with Gasteiger partial charge in [0, 0.05) is 24.8 Å². The van der Waals surface area contributed by atoms with E-state index in [-0.39, 0.29) is 11.1 Å². The number of halogens is 3. The molecule has 0 unspecified atom stereocenters. The van der Waals surface area contributed by atoms with Gasteiger partial charge in [-0.25, -0.2) is 9.59 Å². The molecule has 39 heavy (non-hydrogen) atoms. The van der Waals surface area contributed by atoms with E-state index >= 15 is 0 Å². The Morgan fingerprint density at radius 2 is 1.62 bits per heavy atom. The van der Waals surface area contributed by atoms with E-state index in [9.17, 15) is 27.9 Å². The van der Waals surface area contributed by atoms with Gasteiger partial charge in [0.1, 0.15) is 5.75 Å². The van der Waals surface area contributed by atoms with E-state index in [4.69, 9.17) is 4.74 Å². The number of morpholine rings is 1. The van der Waals surface area contributed by atoms with Crippen molar-refractivity contribution in [2.24, 2.45) is 0 Å². The smallest absolute Gasteiger partial charge is 0.478 e. The third-order valence-electron chi connectivity index (χ3n) is 7.33. The first-order chi connectivity index (χ1) is 18.7. The fraction of sp³-hybridized carbons (Fsp3) is 0.286. The van der Waals surface area contributed by atoms with Gasteiger partial charge in [0.05, 0.1) is 41.0 Å². The maximum absolute atomic E-state index is 14.1. The van der Waals surface area contributed by atoms with Crippen molar-refractivity contribution in [2.45, 2.75) is 24.7 Å². The van der Waals surface area contributed by atoms with Crippen molar-refractivity contribution in [2.75, 3.05) is 31.2 Å². The summed E-state index contributed by atoms with van der Waals surface area (Å²) in [6.07, 6.45) is -3.74. The Bertz CT molecular complexity index is 1610. The van der Waals surface area contributed by atoms with Crippen LogP contribution in [-0.4, -0.2) is 52.9 Å². The minimum absolute atomic E-state index is 0.0927. The summed E-state index contributed by atoms with van der Waals surface area (Å²) in [5, 5.41) is 9.50. The molecule has 0 radical (unpaired) electrons. The molecular formula is C28H24F3N3O5. The van der Waals surface area contributed by atoms with Crippen molar-refractivity contribution in [1.29, 1.82) is 0 Å². The summed E-state index contributed by atoms with van der Waals surface area (Å²) >= 11 is 0. The molecule has 2 heterocycles. The minimum atomic E-state index is -4.89. The Morgan fingerprint density at radius 1 is 0.923 bits per heavy atom. The molecule has 0 atom stereocenters. The number of nitrogens with zero attached hydrogens (tertiary/aromatic N) is 3. The lowest BCUT2D eigenvalue weighted by Crippen LogP contribution is -2.36. The van der Waals surface area contributed by atoms with Crippen molar-refractivity contribution >= 4 is 22.7 Å². The predicted octanol–water partition coefficient (Wildman–Crippen LogP) is 4.76. The van der Waals surface area contributed by atoms with Crippen LogP contribution in [0.2, 0.25) is 0 Å². The second-order valence-corrected chi connectivity index (χ2v) is 9.69. The monoisotopic (exact) mass is 539 g/mol. The number of benzene rings is 3. The normalized spacial score (nSPS) is 16.8. The third kappa shape index (κ3) is 4.52. The first kappa shape index (κ1) is 25.1. The lowest BCUT2D eigenvalue weighted by atomic mass is 10.0. The Labute approximate surface area is 220 Å². The van der Waals surface area contributed by atoms with Crippen LogP contribution in [0.3, 0.4) is 0 Å². The van der Waals surface area contributed by atoms with Crippen LogP contribution >= 0.6 is 0 Å². The zero-order chi connectivity index (χ0) is 27.4. The molecule has 0 amide bonds. The van der Waals surface area contributed by atoms with Gasteiger partial charge in [-0.3, -0.25) is 9.13 Å². The van der Waals surface area contributed by atoms with E-state index < -0.39 is 29.3 Å². The van der Waals surface area contributed by atoms with Crippen LogP contribution < -0.4 is 15.3 Å². The zero-order valence-corrected chi connectivity index (χ0v) is 20.6. The van der Waals surface area contributed by atoms with E-state index in [2.05, 4.69) is 9.64 Å². The highest BCUT2D eigenvalue weighted by Crippen LogP contribution is 2.50. The zero-order valence-electron chi connectivity index (χ0n) is 20.6. The molecule has 0 bridgehead atoms. The summed E-state index contributed by atoms with van der Waals surface area (Å²) < 4.78 is 51.6. The van der Waals surface area contributed by atoms with E-state index in [0.29, 0.717) is 42.8 Å². The van der Waals surface area contributed by atoms with Crippen molar-refractivity contribution < 1.29 is 32.5 Å². The number of aromatic nitrogens is 2. The molecule has 1 saturated carbocycles. The molecule has 11 heteroatoms.